The molecule has 2 rings (SSSR count). The number of phenols is 1. The average Bonchev–Trinajstić information content (AvgIpc) is 3.34. The van der Waals surface area contributed by atoms with Crippen molar-refractivity contribution in [2.45, 2.75) is 51.2 Å². The first kappa shape index (κ1) is 27.3. The van der Waals surface area contributed by atoms with E-state index < -0.39 is 48.4 Å². The summed E-state index contributed by atoms with van der Waals surface area (Å²) in [6.07, 6.45) is 3.63. The number of carboxylic acids is 1. The summed E-state index contributed by atoms with van der Waals surface area (Å²) >= 11 is 0. The van der Waals surface area contributed by atoms with Crippen LogP contribution in [0.1, 0.15) is 31.5 Å². The van der Waals surface area contributed by atoms with Crippen molar-refractivity contribution < 1.29 is 29.4 Å². The normalized spacial score (nSPS) is 14.3. The van der Waals surface area contributed by atoms with E-state index in [9.17, 15) is 29.4 Å². The fourth-order valence-corrected chi connectivity index (χ4v) is 3.28. The molecule has 0 bridgehead atoms. The predicted octanol–water partition coefficient (Wildman–Crippen LogP) is -0.556. The number of aromatic hydroxyl groups is 1. The van der Waals surface area contributed by atoms with Crippen molar-refractivity contribution in [3.05, 3.63) is 48.0 Å². The molecule has 2 aromatic rings. The number of aromatic amines is 1. The Bertz CT molecular complexity index is 994. The Balaban J connectivity index is 1.92. The molecule has 190 valence electrons. The number of nitrogens with one attached hydrogen (secondary N) is 4. The monoisotopic (exact) mass is 488 g/mol. The van der Waals surface area contributed by atoms with E-state index in [0.717, 1.165) is 5.56 Å². The Morgan fingerprint density at radius 1 is 1.09 bits per heavy atom. The van der Waals surface area contributed by atoms with Crippen molar-refractivity contribution in [2.24, 2.45) is 11.7 Å². The lowest BCUT2D eigenvalue weighted by molar-refractivity contribution is -0.141. The van der Waals surface area contributed by atoms with E-state index in [-0.39, 0.29) is 24.5 Å². The SMILES string of the molecule is CCC(C)C(NC(=O)C(N)Cc1ccc(O)cc1)C(=O)NCC(=O)NC(Cc1cnc[nH]1)C(=O)O. The van der Waals surface area contributed by atoms with Gasteiger partial charge >= 0.3 is 5.97 Å². The largest absolute Gasteiger partial charge is 0.508 e. The summed E-state index contributed by atoms with van der Waals surface area (Å²) in [5.41, 5.74) is 7.28. The highest BCUT2D eigenvalue weighted by atomic mass is 16.4. The molecule has 0 radical (unpaired) electrons. The third kappa shape index (κ3) is 8.74. The third-order valence-corrected chi connectivity index (χ3v) is 5.56. The van der Waals surface area contributed by atoms with E-state index in [2.05, 4.69) is 25.9 Å². The number of nitrogens with zero attached hydrogens (tertiary/aromatic N) is 1. The van der Waals surface area contributed by atoms with Crippen LogP contribution in [0.25, 0.3) is 0 Å². The molecule has 0 saturated heterocycles. The molecule has 0 aliphatic heterocycles. The molecule has 1 aromatic heterocycles. The number of H-pyrrole nitrogens is 1. The summed E-state index contributed by atoms with van der Waals surface area (Å²) in [6.45, 7) is 3.17. The lowest BCUT2D eigenvalue weighted by Gasteiger charge is -2.25. The highest BCUT2D eigenvalue weighted by Crippen LogP contribution is 2.12. The van der Waals surface area contributed by atoms with Gasteiger partial charge in [0, 0.05) is 18.3 Å². The van der Waals surface area contributed by atoms with Crippen LogP contribution in [0.2, 0.25) is 0 Å². The van der Waals surface area contributed by atoms with E-state index in [1.807, 2.05) is 6.92 Å². The van der Waals surface area contributed by atoms with Crippen molar-refractivity contribution in [3.63, 3.8) is 0 Å². The van der Waals surface area contributed by atoms with Gasteiger partial charge in [-0.25, -0.2) is 9.78 Å². The number of carboxylic acid groups (broad SMARTS) is 1. The molecule has 4 unspecified atom stereocenters. The lowest BCUT2D eigenvalue weighted by Crippen LogP contribution is -2.56. The van der Waals surface area contributed by atoms with Crippen LogP contribution in [0, 0.1) is 5.92 Å². The first-order valence-electron chi connectivity index (χ1n) is 11.2. The molecule has 0 saturated carbocycles. The summed E-state index contributed by atoms with van der Waals surface area (Å²) in [7, 11) is 0. The molecule has 3 amide bonds. The van der Waals surface area contributed by atoms with Crippen LogP contribution in [-0.4, -0.2) is 68.5 Å². The van der Waals surface area contributed by atoms with Gasteiger partial charge in [0.15, 0.2) is 0 Å². The van der Waals surface area contributed by atoms with Gasteiger partial charge in [-0.15, -0.1) is 0 Å². The molecule has 0 aliphatic rings. The number of hydrogen-bond donors (Lipinski definition) is 7. The van der Waals surface area contributed by atoms with Crippen molar-refractivity contribution in [2.75, 3.05) is 6.54 Å². The average molecular weight is 489 g/mol. The number of amides is 3. The van der Waals surface area contributed by atoms with Crippen LogP contribution in [0.5, 0.6) is 5.75 Å². The maximum absolute atomic E-state index is 12.8. The number of benzene rings is 1. The van der Waals surface area contributed by atoms with Crippen LogP contribution in [-0.2, 0) is 32.0 Å². The number of imidazole rings is 1. The van der Waals surface area contributed by atoms with Crippen molar-refractivity contribution in [1.29, 1.82) is 0 Å². The van der Waals surface area contributed by atoms with Gasteiger partial charge in [-0.05, 0) is 30.0 Å². The smallest absolute Gasteiger partial charge is 0.326 e. The number of phenolic OH excluding ortho intramolecular Hbond substituents is 1. The van der Waals surface area contributed by atoms with E-state index in [0.29, 0.717) is 12.1 Å². The maximum Gasteiger partial charge on any atom is 0.326 e. The zero-order chi connectivity index (χ0) is 26.0. The minimum atomic E-state index is -1.23. The number of aliphatic carboxylic acids is 1. The highest BCUT2D eigenvalue weighted by molar-refractivity contribution is 5.92. The van der Waals surface area contributed by atoms with Gasteiger partial charge in [0.2, 0.25) is 17.7 Å². The molecule has 12 heteroatoms. The Kier molecular flexibility index (Phi) is 10.2. The fourth-order valence-electron chi connectivity index (χ4n) is 3.28. The van der Waals surface area contributed by atoms with Crippen molar-refractivity contribution in [3.8, 4) is 5.75 Å². The summed E-state index contributed by atoms with van der Waals surface area (Å²) < 4.78 is 0. The molecule has 12 nitrogen and oxygen atoms in total. The number of aromatic nitrogens is 2. The molecular weight excluding hydrogens is 456 g/mol. The van der Waals surface area contributed by atoms with Crippen molar-refractivity contribution >= 4 is 23.7 Å². The first-order valence-corrected chi connectivity index (χ1v) is 11.2. The number of nitrogens with two attached hydrogens (primary N) is 1. The van der Waals surface area contributed by atoms with Crippen LogP contribution in [0.3, 0.4) is 0 Å². The molecule has 0 fully saturated rings. The Hall–Kier alpha value is -3.93. The van der Waals surface area contributed by atoms with E-state index >= 15 is 0 Å². The Morgan fingerprint density at radius 2 is 1.77 bits per heavy atom. The van der Waals surface area contributed by atoms with E-state index in [1.54, 1.807) is 19.1 Å². The van der Waals surface area contributed by atoms with Gasteiger partial charge in [0.05, 0.1) is 18.9 Å². The molecule has 1 aromatic carbocycles. The highest BCUT2D eigenvalue weighted by Gasteiger charge is 2.29. The Morgan fingerprint density at radius 3 is 2.34 bits per heavy atom. The van der Waals surface area contributed by atoms with Gasteiger partial charge in [-0.2, -0.15) is 0 Å². The number of hydrogen-bond acceptors (Lipinski definition) is 7. The zero-order valence-corrected chi connectivity index (χ0v) is 19.7. The van der Waals surface area contributed by atoms with Gasteiger partial charge in [-0.3, -0.25) is 14.4 Å². The molecular formula is C23H32N6O6. The van der Waals surface area contributed by atoms with E-state index in [4.69, 9.17) is 5.73 Å². The van der Waals surface area contributed by atoms with E-state index in [1.165, 1.54) is 24.7 Å². The molecule has 8 N–H and O–H groups in total. The molecule has 1 heterocycles. The number of carbonyl (C=O) groups excluding carboxylic acids is 3. The summed E-state index contributed by atoms with van der Waals surface area (Å²) in [6, 6.07) is 3.21. The molecule has 35 heavy (non-hydrogen) atoms. The van der Waals surface area contributed by atoms with Crippen LogP contribution in [0.15, 0.2) is 36.8 Å². The van der Waals surface area contributed by atoms with Gasteiger partial charge < -0.3 is 36.9 Å². The summed E-state index contributed by atoms with van der Waals surface area (Å²) in [5, 5.41) is 26.2. The van der Waals surface area contributed by atoms with Crippen LogP contribution >= 0.6 is 0 Å². The molecule has 4 atom stereocenters. The predicted molar refractivity (Wildman–Crippen MR) is 126 cm³/mol. The van der Waals surface area contributed by atoms with Crippen LogP contribution in [0.4, 0.5) is 0 Å². The third-order valence-electron chi connectivity index (χ3n) is 5.56. The maximum atomic E-state index is 12.8. The quantitative estimate of drug-likeness (QED) is 0.194. The Labute approximate surface area is 202 Å². The standard InChI is InChI=1S/C23H32N6O6/c1-3-13(2)20(29-21(32)17(24)8-14-4-6-16(30)7-5-14)22(33)26-11-19(31)28-18(23(34)35)9-15-10-25-12-27-15/h4-7,10,12-13,17-18,20,30H,3,8-9,11,24H2,1-2H3,(H,25,27)(H,26,33)(H,28,31)(H,29,32)(H,34,35). The summed E-state index contributed by atoms with van der Waals surface area (Å²) in [4.78, 5) is 55.7. The second-order valence-electron chi connectivity index (χ2n) is 8.31. The zero-order valence-electron chi connectivity index (χ0n) is 19.7. The van der Waals surface area contributed by atoms with Gasteiger partial charge in [-0.1, -0.05) is 32.4 Å². The molecule has 0 spiro atoms. The molecule has 0 aliphatic carbocycles. The minimum absolute atomic E-state index is 0.000505. The number of rotatable bonds is 13. The lowest BCUT2D eigenvalue weighted by atomic mass is 9.97. The summed E-state index contributed by atoms with van der Waals surface area (Å²) in [5.74, 6) is -3.20. The topological polar surface area (TPSA) is 200 Å². The van der Waals surface area contributed by atoms with Crippen LogP contribution < -0.4 is 21.7 Å². The second-order valence-corrected chi connectivity index (χ2v) is 8.31. The van der Waals surface area contributed by atoms with Gasteiger partial charge in [0.25, 0.3) is 0 Å². The van der Waals surface area contributed by atoms with Crippen molar-refractivity contribution in [1.82, 2.24) is 25.9 Å². The second kappa shape index (κ2) is 13.1. The van der Waals surface area contributed by atoms with Gasteiger partial charge in [0.1, 0.15) is 17.8 Å². The minimum Gasteiger partial charge on any atom is -0.508 e. The first-order chi connectivity index (χ1) is 16.6. The fraction of sp³-hybridized carbons (Fsp3) is 0.435. The number of carbonyl (C=O) groups is 4.